The van der Waals surface area contributed by atoms with Crippen LogP contribution in [0.1, 0.15) is 42.2 Å². The van der Waals surface area contributed by atoms with Gasteiger partial charge in [0.2, 0.25) is 0 Å². The van der Waals surface area contributed by atoms with Gasteiger partial charge in [0.25, 0.3) is 11.8 Å². The zero-order chi connectivity index (χ0) is 31.1. The fourth-order valence-electron chi connectivity index (χ4n) is 4.27. The number of para-hydroxylation sites is 2. The lowest BCUT2D eigenvalue weighted by Gasteiger charge is -2.23. The van der Waals surface area contributed by atoms with E-state index in [1.54, 1.807) is 72.8 Å². The Hall–Kier alpha value is -5.18. The molecule has 0 fully saturated rings. The molecule has 0 radical (unpaired) electrons. The van der Waals surface area contributed by atoms with Gasteiger partial charge in [-0.15, -0.1) is 0 Å². The zero-order valence-corrected chi connectivity index (χ0v) is 24.5. The van der Waals surface area contributed by atoms with E-state index in [4.69, 9.17) is 32.7 Å². The molecule has 0 atom stereocenters. The van der Waals surface area contributed by atoms with Crippen molar-refractivity contribution in [3.63, 3.8) is 0 Å². The van der Waals surface area contributed by atoms with Crippen molar-refractivity contribution >= 4 is 46.8 Å². The van der Waals surface area contributed by atoms with Gasteiger partial charge in [-0.25, -0.2) is 14.7 Å². The summed E-state index contributed by atoms with van der Waals surface area (Å²) in [5.41, 5.74) is 1.46. The third-order valence-electron chi connectivity index (χ3n) is 6.55. The smallest absolute Gasteiger partial charge is 0.337 e. The summed E-state index contributed by atoms with van der Waals surface area (Å²) in [5, 5.41) is 10.4. The monoisotopic (exact) mass is 626 g/mol. The van der Waals surface area contributed by atoms with Crippen LogP contribution < -0.4 is 14.4 Å². The van der Waals surface area contributed by atoms with Crippen LogP contribution in [-0.2, 0) is 13.2 Å². The van der Waals surface area contributed by atoms with Crippen LogP contribution in [-0.4, -0.2) is 27.9 Å². The van der Waals surface area contributed by atoms with Gasteiger partial charge in [0.15, 0.2) is 0 Å². The predicted octanol–water partition coefficient (Wildman–Crippen LogP) is 7.73. The lowest BCUT2D eigenvalue weighted by atomic mass is 10.1. The summed E-state index contributed by atoms with van der Waals surface area (Å²) in [6.07, 6.45) is 1.07. The van der Waals surface area contributed by atoms with Crippen LogP contribution in [0.3, 0.4) is 0 Å². The van der Waals surface area contributed by atoms with E-state index in [9.17, 15) is 19.5 Å². The number of carboxylic acid groups (broad SMARTS) is 1. The molecule has 1 heterocycles. The molecule has 5 aromatic rings. The lowest BCUT2D eigenvalue weighted by molar-refractivity contribution is 0.0696. The summed E-state index contributed by atoms with van der Waals surface area (Å²) in [6, 6.07) is 29.8. The maximum atomic E-state index is 14.2. The van der Waals surface area contributed by atoms with Gasteiger partial charge in [-0.1, -0.05) is 83.9 Å². The van der Waals surface area contributed by atoms with Crippen molar-refractivity contribution in [1.29, 1.82) is 0 Å². The Labute approximate surface area is 263 Å². The molecule has 2 amide bonds. The van der Waals surface area contributed by atoms with Gasteiger partial charge in [-0.3, -0.25) is 9.59 Å². The van der Waals surface area contributed by atoms with E-state index in [1.165, 1.54) is 24.3 Å². The molecular weight excluding hydrogens is 603 g/mol. The summed E-state index contributed by atoms with van der Waals surface area (Å²) in [4.78, 5) is 44.9. The van der Waals surface area contributed by atoms with Gasteiger partial charge in [-0.2, -0.15) is 0 Å². The topological polar surface area (TPSA) is 106 Å². The van der Waals surface area contributed by atoms with Gasteiger partial charge < -0.3 is 14.6 Å². The van der Waals surface area contributed by atoms with Crippen LogP contribution in [0.15, 0.2) is 115 Å². The van der Waals surface area contributed by atoms with Gasteiger partial charge in [-0.05, 0) is 48.5 Å². The third kappa shape index (κ3) is 6.89. The number of hydrogen-bond acceptors (Lipinski definition) is 6. The molecule has 5 rings (SSSR count). The number of carbonyl (C=O) groups is 3. The van der Waals surface area contributed by atoms with Crippen LogP contribution in [0, 0.1) is 0 Å². The number of carbonyl (C=O) groups excluding carboxylic acids is 2. The van der Waals surface area contributed by atoms with Crippen LogP contribution in [0.4, 0.5) is 5.82 Å². The number of pyridine rings is 1. The molecule has 0 unspecified atom stereocenters. The Bertz CT molecular complexity index is 1720. The van der Waals surface area contributed by atoms with Gasteiger partial charge in [0, 0.05) is 27.4 Å². The number of hydrogen-bond donors (Lipinski definition) is 1. The fraction of sp³-hybridized carbons (Fsp3) is 0.0588. The Kier molecular flexibility index (Phi) is 9.54. The maximum Gasteiger partial charge on any atom is 0.337 e. The van der Waals surface area contributed by atoms with Gasteiger partial charge >= 0.3 is 5.97 Å². The number of nitrogens with zero attached hydrogens (tertiary/aromatic N) is 2. The first-order valence-corrected chi connectivity index (χ1v) is 14.1. The molecule has 1 aromatic heterocycles. The van der Waals surface area contributed by atoms with E-state index in [0.29, 0.717) is 21.2 Å². The zero-order valence-electron chi connectivity index (χ0n) is 23.0. The van der Waals surface area contributed by atoms with Crippen molar-refractivity contribution in [3.05, 3.63) is 153 Å². The van der Waals surface area contributed by atoms with E-state index < -0.39 is 17.8 Å². The number of benzene rings is 4. The molecule has 0 saturated heterocycles. The SMILES string of the molecule is O=C(O)c1ccc(N(C(=O)c2ccccc2OCc2ccccc2Cl)C(=O)c2ccccc2OCc2ccccc2Cl)nc1. The Morgan fingerprint density at radius 2 is 1.09 bits per heavy atom. The molecule has 0 aliphatic carbocycles. The average molecular weight is 627 g/mol. The van der Waals surface area contributed by atoms with E-state index >= 15 is 0 Å². The standard InChI is InChI=1S/C34H24Cl2N2O6/c35-27-13-5-1-9-23(27)20-43-29-15-7-3-11-25(29)32(39)38(31-18-17-22(19-37-31)34(41)42)33(40)26-12-4-8-16-30(26)44-21-24-10-2-6-14-28(24)36/h1-19H,20-21H2,(H,41,42). The molecule has 0 bridgehead atoms. The van der Waals surface area contributed by atoms with Crippen LogP contribution in [0.5, 0.6) is 11.5 Å². The number of ether oxygens (including phenoxy) is 2. The first-order valence-electron chi connectivity index (χ1n) is 13.3. The minimum Gasteiger partial charge on any atom is -0.488 e. The maximum absolute atomic E-state index is 14.2. The highest BCUT2D eigenvalue weighted by atomic mass is 35.5. The van der Waals surface area contributed by atoms with Crippen molar-refractivity contribution in [1.82, 2.24) is 4.98 Å². The number of rotatable bonds is 10. The highest BCUT2D eigenvalue weighted by Gasteiger charge is 2.31. The van der Waals surface area contributed by atoms with E-state index in [0.717, 1.165) is 11.1 Å². The Balaban J connectivity index is 1.51. The number of anilines is 1. The van der Waals surface area contributed by atoms with Crippen molar-refractivity contribution in [2.45, 2.75) is 13.2 Å². The number of aromatic carboxylic acids is 1. The molecule has 0 aliphatic heterocycles. The molecule has 8 nitrogen and oxygen atoms in total. The number of imide groups is 1. The molecule has 10 heteroatoms. The summed E-state index contributed by atoms with van der Waals surface area (Å²) in [6.45, 7) is 0.143. The molecular formula is C34H24Cl2N2O6. The highest BCUT2D eigenvalue weighted by Crippen LogP contribution is 2.29. The van der Waals surface area contributed by atoms with Crippen LogP contribution in [0.25, 0.3) is 0 Å². The highest BCUT2D eigenvalue weighted by molar-refractivity contribution is 6.31. The average Bonchev–Trinajstić information content (AvgIpc) is 3.04. The van der Waals surface area contributed by atoms with Gasteiger partial charge in [0.1, 0.15) is 30.5 Å². The normalized spacial score (nSPS) is 10.6. The van der Waals surface area contributed by atoms with Crippen molar-refractivity contribution < 1.29 is 29.0 Å². The number of aromatic nitrogens is 1. The Morgan fingerprint density at radius 3 is 1.52 bits per heavy atom. The minimum absolute atomic E-state index is 0.0716. The van der Waals surface area contributed by atoms with Gasteiger partial charge in [0.05, 0.1) is 16.7 Å². The third-order valence-corrected chi connectivity index (χ3v) is 7.28. The Morgan fingerprint density at radius 1 is 0.636 bits per heavy atom. The first kappa shape index (κ1) is 30.3. The molecule has 1 N–H and O–H groups in total. The molecule has 0 spiro atoms. The van der Waals surface area contributed by atoms with E-state index in [-0.39, 0.29) is 47.2 Å². The molecule has 4 aromatic carbocycles. The summed E-state index contributed by atoms with van der Waals surface area (Å²) < 4.78 is 12.0. The molecule has 44 heavy (non-hydrogen) atoms. The summed E-state index contributed by atoms with van der Waals surface area (Å²) >= 11 is 12.6. The van der Waals surface area contributed by atoms with Crippen molar-refractivity contribution in [2.75, 3.05) is 4.90 Å². The number of halogens is 2. The lowest BCUT2D eigenvalue weighted by Crippen LogP contribution is -2.38. The number of amides is 2. The fourth-order valence-corrected chi connectivity index (χ4v) is 4.65. The number of carboxylic acids is 1. The van der Waals surface area contributed by atoms with Crippen molar-refractivity contribution in [2.24, 2.45) is 0 Å². The second kappa shape index (κ2) is 13.9. The first-order chi connectivity index (χ1) is 21.3. The van der Waals surface area contributed by atoms with E-state index in [1.807, 2.05) is 12.1 Å². The molecule has 0 aliphatic rings. The van der Waals surface area contributed by atoms with Crippen LogP contribution >= 0.6 is 23.2 Å². The van der Waals surface area contributed by atoms with Crippen LogP contribution in [0.2, 0.25) is 10.0 Å². The largest absolute Gasteiger partial charge is 0.488 e. The minimum atomic E-state index is -1.20. The summed E-state index contributed by atoms with van der Waals surface area (Å²) in [7, 11) is 0. The molecule has 0 saturated carbocycles. The molecule has 220 valence electrons. The predicted molar refractivity (Wildman–Crippen MR) is 167 cm³/mol. The second-order valence-electron chi connectivity index (χ2n) is 9.41. The van der Waals surface area contributed by atoms with Crippen molar-refractivity contribution in [3.8, 4) is 11.5 Å². The second-order valence-corrected chi connectivity index (χ2v) is 10.2. The quantitative estimate of drug-likeness (QED) is 0.158. The van der Waals surface area contributed by atoms with E-state index in [2.05, 4.69) is 4.98 Å². The summed E-state index contributed by atoms with van der Waals surface area (Å²) in [5.74, 6) is -2.37.